The first kappa shape index (κ1) is 12.5. The highest BCUT2D eigenvalue weighted by molar-refractivity contribution is 6.88. The summed E-state index contributed by atoms with van der Waals surface area (Å²) in [4.78, 5) is 0. The topological polar surface area (TPSA) is 30.9 Å². The Bertz CT molecular complexity index is 244. The van der Waals surface area contributed by atoms with E-state index in [9.17, 15) is 0 Å². The standard InChI is InChI=1S/C6H22N4Si4/c1-9-12(3)7-11-8-13(4)10(2)14(9,5)6/h7,12H,11H2,1-6H3. The van der Waals surface area contributed by atoms with Crippen LogP contribution in [0.3, 0.4) is 0 Å². The molecule has 1 N–H and O–H groups in total. The molecule has 1 unspecified atom stereocenters. The molecule has 1 aliphatic heterocycles. The lowest BCUT2D eigenvalue weighted by Crippen LogP contribution is -2.68. The highest BCUT2D eigenvalue weighted by Gasteiger charge is 2.36. The summed E-state index contributed by atoms with van der Waals surface area (Å²) in [7, 11) is 1.43. The number of rotatable bonds is 0. The molecule has 1 atom stereocenters. The van der Waals surface area contributed by atoms with Gasteiger partial charge in [-0.3, -0.25) is 0 Å². The van der Waals surface area contributed by atoms with Gasteiger partial charge in [-0.25, -0.2) is 0 Å². The van der Waals surface area contributed by atoms with Crippen molar-refractivity contribution in [2.24, 2.45) is 4.30 Å². The first-order valence-electron chi connectivity index (χ1n) is 5.08. The zero-order chi connectivity index (χ0) is 10.9. The van der Waals surface area contributed by atoms with Crippen LogP contribution in [0.2, 0.25) is 26.2 Å². The van der Waals surface area contributed by atoms with Gasteiger partial charge in [-0.05, 0) is 40.3 Å². The van der Waals surface area contributed by atoms with E-state index in [1.807, 2.05) is 0 Å². The third-order valence-electron chi connectivity index (χ3n) is 3.44. The lowest BCUT2D eigenvalue weighted by atomic mass is 11.6. The first-order chi connectivity index (χ1) is 6.37. The predicted molar refractivity (Wildman–Crippen MR) is 71.7 cm³/mol. The largest absolute Gasteiger partial charge is 0.412 e. The molecule has 0 saturated heterocycles. The Morgan fingerprint density at radius 2 is 2.00 bits per heavy atom. The number of nitrogens with zero attached hydrogens (tertiary/aromatic N) is 3. The molecule has 0 radical (unpaired) electrons. The smallest absolute Gasteiger partial charge is 0.217 e. The van der Waals surface area contributed by atoms with Crippen LogP contribution in [-0.4, -0.2) is 58.7 Å². The van der Waals surface area contributed by atoms with Gasteiger partial charge in [-0.15, -0.1) is 0 Å². The van der Waals surface area contributed by atoms with Gasteiger partial charge in [0.05, 0.1) is 0 Å². The summed E-state index contributed by atoms with van der Waals surface area (Å²) < 4.78 is 13.8. The maximum atomic E-state index is 4.84. The fourth-order valence-corrected chi connectivity index (χ4v) is 17.0. The molecule has 8 heteroatoms. The number of hydrogen-bond donors (Lipinski definition) is 1. The molecule has 82 valence electrons. The summed E-state index contributed by atoms with van der Waals surface area (Å²) in [5.41, 5.74) is 0. The molecule has 1 heterocycles. The summed E-state index contributed by atoms with van der Waals surface area (Å²) in [5.74, 6) is 0. The van der Waals surface area contributed by atoms with Crippen LogP contribution < -0.4 is 4.65 Å². The van der Waals surface area contributed by atoms with E-state index < -0.39 is 26.3 Å². The zero-order valence-corrected chi connectivity index (χ0v) is 14.7. The Hall–Kier alpha value is 0.388. The summed E-state index contributed by atoms with van der Waals surface area (Å²) in [6.07, 6.45) is 0. The second-order valence-electron chi connectivity index (χ2n) is 4.41. The molecular weight excluding hydrogens is 240 g/mol. The molecule has 0 aliphatic carbocycles. The van der Waals surface area contributed by atoms with Crippen molar-refractivity contribution in [1.82, 2.24) is 13.1 Å². The summed E-state index contributed by atoms with van der Waals surface area (Å²) >= 11 is 0. The van der Waals surface area contributed by atoms with E-state index in [4.69, 9.17) is 4.30 Å². The van der Waals surface area contributed by atoms with Gasteiger partial charge in [0.1, 0.15) is 0 Å². The molecule has 0 amide bonds. The quantitative estimate of drug-likeness (QED) is 0.591. The molecule has 0 aromatic carbocycles. The van der Waals surface area contributed by atoms with Crippen LogP contribution in [0.4, 0.5) is 0 Å². The number of nitrogens with one attached hydrogen (secondary N) is 1. The molecule has 14 heavy (non-hydrogen) atoms. The van der Waals surface area contributed by atoms with Crippen LogP contribution in [0.25, 0.3) is 0 Å². The SMILES string of the molecule is CN1[Si](C)=N[SiH2]N[SiH](C)N(C)[Si]1(C)C. The van der Waals surface area contributed by atoms with Crippen molar-refractivity contribution in [3.05, 3.63) is 0 Å². The van der Waals surface area contributed by atoms with Gasteiger partial charge < -0.3 is 17.4 Å². The maximum absolute atomic E-state index is 4.84. The molecule has 0 saturated carbocycles. The average molecular weight is 263 g/mol. The normalized spacial score (nSPS) is 31.1. The van der Waals surface area contributed by atoms with Gasteiger partial charge in [0.15, 0.2) is 9.12 Å². The second kappa shape index (κ2) is 4.49. The number of hydrogen-bond acceptors (Lipinski definition) is 4. The summed E-state index contributed by atoms with van der Waals surface area (Å²) in [6, 6.07) is 0. The van der Waals surface area contributed by atoms with Crippen molar-refractivity contribution in [3.63, 3.8) is 0 Å². The second-order valence-corrected chi connectivity index (χ2v) is 16.8. The van der Waals surface area contributed by atoms with E-state index in [0.29, 0.717) is 0 Å². The van der Waals surface area contributed by atoms with Crippen molar-refractivity contribution < 1.29 is 0 Å². The van der Waals surface area contributed by atoms with Gasteiger partial charge in [0.25, 0.3) is 0 Å². The zero-order valence-electron chi connectivity index (χ0n) is 10.1. The Morgan fingerprint density at radius 3 is 2.57 bits per heavy atom. The fourth-order valence-electron chi connectivity index (χ4n) is 1.64. The van der Waals surface area contributed by atoms with E-state index in [1.165, 1.54) is 0 Å². The van der Waals surface area contributed by atoms with E-state index in [2.05, 4.69) is 53.4 Å². The highest BCUT2D eigenvalue weighted by Crippen LogP contribution is 2.14. The minimum atomic E-state index is -1.37. The van der Waals surface area contributed by atoms with Crippen molar-refractivity contribution in [2.45, 2.75) is 26.2 Å². The van der Waals surface area contributed by atoms with Crippen LogP contribution in [0, 0.1) is 0 Å². The van der Waals surface area contributed by atoms with Gasteiger partial charge in [0.2, 0.25) is 27.0 Å². The van der Waals surface area contributed by atoms with Gasteiger partial charge in [0, 0.05) is 0 Å². The summed E-state index contributed by atoms with van der Waals surface area (Å²) in [6.45, 7) is 9.58. The third-order valence-corrected chi connectivity index (χ3v) is 20.2. The Labute approximate surface area is 94.0 Å². The molecule has 0 aromatic rings. The average Bonchev–Trinajstić information content (AvgIpc) is 2.13. The van der Waals surface area contributed by atoms with Crippen LogP contribution in [0.5, 0.6) is 0 Å². The molecule has 1 aliphatic rings. The van der Waals surface area contributed by atoms with Crippen molar-refractivity contribution in [1.29, 1.82) is 0 Å². The lowest BCUT2D eigenvalue weighted by molar-refractivity contribution is 0.636. The van der Waals surface area contributed by atoms with E-state index >= 15 is 0 Å². The fraction of sp³-hybridized carbons (Fsp3) is 1.00. The monoisotopic (exact) mass is 262 g/mol. The Kier molecular flexibility index (Phi) is 4.00. The highest BCUT2D eigenvalue weighted by atomic mass is 28.4. The van der Waals surface area contributed by atoms with Crippen molar-refractivity contribution in [3.8, 4) is 0 Å². The van der Waals surface area contributed by atoms with E-state index in [-0.39, 0.29) is 9.84 Å². The molecule has 0 fully saturated rings. The minimum absolute atomic E-state index is 0.335. The third kappa shape index (κ3) is 2.31. The van der Waals surface area contributed by atoms with E-state index in [0.717, 1.165) is 0 Å². The minimum Gasteiger partial charge on any atom is -0.412 e. The molecule has 4 nitrogen and oxygen atoms in total. The van der Waals surface area contributed by atoms with Crippen molar-refractivity contribution >= 4 is 36.1 Å². The molecule has 0 bridgehead atoms. The molecule has 0 spiro atoms. The maximum Gasteiger partial charge on any atom is 0.217 e. The molecule has 0 aromatic heterocycles. The van der Waals surface area contributed by atoms with E-state index in [1.54, 1.807) is 0 Å². The van der Waals surface area contributed by atoms with Gasteiger partial charge in [-0.1, -0.05) is 0 Å². The Balaban J connectivity index is 2.98. The van der Waals surface area contributed by atoms with Crippen LogP contribution >= 0.6 is 0 Å². The van der Waals surface area contributed by atoms with Gasteiger partial charge in [-0.2, -0.15) is 0 Å². The van der Waals surface area contributed by atoms with Crippen LogP contribution in [0.15, 0.2) is 4.30 Å². The van der Waals surface area contributed by atoms with Crippen molar-refractivity contribution in [2.75, 3.05) is 14.1 Å². The molecular formula is C6H22N4Si4. The van der Waals surface area contributed by atoms with Crippen LogP contribution in [-0.2, 0) is 0 Å². The first-order valence-corrected chi connectivity index (χ1v) is 13.5. The molecule has 1 rings (SSSR count). The Morgan fingerprint density at radius 1 is 1.43 bits per heavy atom. The lowest BCUT2D eigenvalue weighted by Gasteiger charge is -2.46. The van der Waals surface area contributed by atoms with Gasteiger partial charge >= 0.3 is 0 Å². The van der Waals surface area contributed by atoms with Crippen LogP contribution in [0.1, 0.15) is 0 Å². The summed E-state index contributed by atoms with van der Waals surface area (Å²) in [5, 5.41) is 0. The predicted octanol–water partition coefficient (Wildman–Crippen LogP) is -0.609.